The van der Waals surface area contributed by atoms with Crippen LogP contribution < -0.4 is 10.2 Å². The van der Waals surface area contributed by atoms with Gasteiger partial charge in [-0.2, -0.15) is 5.10 Å². The molecule has 2 N–H and O–H groups in total. The van der Waals surface area contributed by atoms with E-state index in [0.717, 1.165) is 24.3 Å². The van der Waals surface area contributed by atoms with Crippen LogP contribution in [0.5, 0.6) is 0 Å². The Morgan fingerprint density at radius 3 is 2.68 bits per heavy atom. The molecule has 0 saturated carbocycles. The number of imidazole rings is 1. The van der Waals surface area contributed by atoms with Gasteiger partial charge in [0.15, 0.2) is 5.65 Å². The third-order valence-electron chi connectivity index (χ3n) is 5.67. The summed E-state index contributed by atoms with van der Waals surface area (Å²) in [4.78, 5) is 29.6. The Bertz CT molecular complexity index is 1220. The molecule has 0 spiro atoms. The Kier molecular flexibility index (Phi) is 5.12. The van der Waals surface area contributed by atoms with E-state index in [1.54, 1.807) is 17.5 Å². The maximum absolute atomic E-state index is 14.7. The smallest absolute Gasteiger partial charge is 0.338 e. The second-order valence-electron chi connectivity index (χ2n) is 7.99. The number of fused-ring (bicyclic) bond motifs is 1. The largest absolute Gasteiger partial charge is 0.478 e. The molecule has 8 nitrogen and oxygen atoms in total. The number of halogens is 1. The van der Waals surface area contributed by atoms with Gasteiger partial charge in [-0.1, -0.05) is 6.07 Å². The first-order valence-corrected chi connectivity index (χ1v) is 10.1. The summed E-state index contributed by atoms with van der Waals surface area (Å²) in [6.45, 7) is 8.22. The third kappa shape index (κ3) is 3.60. The molecular weight excluding hydrogens is 401 g/mol. The molecule has 0 bridgehead atoms. The first-order chi connectivity index (χ1) is 14.7. The third-order valence-corrected chi connectivity index (χ3v) is 5.67. The highest BCUT2D eigenvalue weighted by Gasteiger charge is 2.27. The molecular formula is C22H24FN5O3. The summed E-state index contributed by atoms with van der Waals surface area (Å²) in [5.41, 5.74) is 4.03. The van der Waals surface area contributed by atoms with Crippen LogP contribution in [0.3, 0.4) is 0 Å². The Labute approximate surface area is 178 Å². The van der Waals surface area contributed by atoms with Crippen LogP contribution in [0.15, 0.2) is 18.2 Å². The molecule has 0 aliphatic carbocycles. The van der Waals surface area contributed by atoms with Crippen molar-refractivity contribution in [3.63, 3.8) is 0 Å². The summed E-state index contributed by atoms with van der Waals surface area (Å²) in [5.74, 6) is -2.12. The number of aryl methyl sites for hydroxylation is 2. The first kappa shape index (κ1) is 20.8. The molecule has 1 amide bonds. The molecule has 162 valence electrons. The van der Waals surface area contributed by atoms with Crippen LogP contribution in [-0.4, -0.2) is 50.7 Å². The van der Waals surface area contributed by atoms with Crippen molar-refractivity contribution in [3.8, 4) is 11.3 Å². The van der Waals surface area contributed by atoms with Crippen LogP contribution in [0.25, 0.3) is 16.9 Å². The highest BCUT2D eigenvalue weighted by atomic mass is 19.1. The lowest BCUT2D eigenvalue weighted by atomic mass is 10.0. The molecule has 1 aliphatic rings. The minimum absolute atomic E-state index is 0.0517. The number of aromatic carboxylic acids is 1. The highest BCUT2D eigenvalue weighted by Crippen LogP contribution is 2.34. The molecule has 9 heteroatoms. The van der Waals surface area contributed by atoms with Crippen LogP contribution >= 0.6 is 0 Å². The van der Waals surface area contributed by atoms with Crippen LogP contribution in [-0.2, 0) is 4.79 Å². The van der Waals surface area contributed by atoms with Crippen LogP contribution in [0.1, 0.15) is 40.7 Å². The van der Waals surface area contributed by atoms with E-state index in [4.69, 9.17) is 4.98 Å². The van der Waals surface area contributed by atoms with Gasteiger partial charge in [-0.15, -0.1) is 0 Å². The molecule has 0 radical (unpaired) electrons. The van der Waals surface area contributed by atoms with Gasteiger partial charge in [0.1, 0.15) is 5.82 Å². The van der Waals surface area contributed by atoms with Crippen molar-refractivity contribution in [2.45, 2.75) is 40.2 Å². The average Bonchev–Trinajstić information content (AvgIpc) is 3.26. The SMILES string of the molecule is CC(=O)N[C@@H]1CCN(c2cc(C)nn3c(-c4ccc(C(=O)O)c(F)c4C)c(C)nc23)C1. The molecule has 1 fully saturated rings. The number of aromatic nitrogens is 3. The van der Waals surface area contributed by atoms with E-state index in [1.165, 1.54) is 13.0 Å². The Balaban J connectivity index is 1.84. The number of carboxylic acid groups (broad SMARTS) is 1. The van der Waals surface area contributed by atoms with E-state index in [1.807, 2.05) is 19.9 Å². The molecule has 4 rings (SSSR count). The van der Waals surface area contributed by atoms with Crippen LogP contribution in [0.2, 0.25) is 0 Å². The zero-order valence-corrected chi connectivity index (χ0v) is 17.9. The van der Waals surface area contributed by atoms with Crippen LogP contribution in [0, 0.1) is 26.6 Å². The lowest BCUT2D eigenvalue weighted by Crippen LogP contribution is -2.35. The van der Waals surface area contributed by atoms with Crippen molar-refractivity contribution in [2.75, 3.05) is 18.0 Å². The molecule has 1 atom stereocenters. The van der Waals surface area contributed by atoms with Gasteiger partial charge >= 0.3 is 5.97 Å². The summed E-state index contributed by atoms with van der Waals surface area (Å²) in [5, 5.41) is 16.8. The number of carbonyl (C=O) groups is 2. The maximum Gasteiger partial charge on any atom is 0.338 e. The van der Waals surface area contributed by atoms with E-state index >= 15 is 0 Å². The molecule has 0 unspecified atom stereocenters. The number of carbonyl (C=O) groups excluding carboxylic acids is 1. The maximum atomic E-state index is 14.7. The lowest BCUT2D eigenvalue weighted by molar-refractivity contribution is -0.119. The minimum atomic E-state index is -1.30. The highest BCUT2D eigenvalue weighted by molar-refractivity contribution is 5.89. The second kappa shape index (κ2) is 7.64. The number of carboxylic acids is 1. The fraction of sp³-hybridized carbons (Fsp3) is 0.364. The quantitative estimate of drug-likeness (QED) is 0.667. The fourth-order valence-corrected chi connectivity index (χ4v) is 4.26. The Morgan fingerprint density at radius 1 is 1.26 bits per heavy atom. The molecule has 1 aliphatic heterocycles. The predicted molar refractivity (Wildman–Crippen MR) is 114 cm³/mol. The Morgan fingerprint density at radius 2 is 2.00 bits per heavy atom. The van der Waals surface area contributed by atoms with Crippen molar-refractivity contribution in [3.05, 3.63) is 46.5 Å². The van der Waals surface area contributed by atoms with E-state index < -0.39 is 11.8 Å². The molecule has 31 heavy (non-hydrogen) atoms. The van der Waals surface area contributed by atoms with E-state index in [-0.39, 0.29) is 23.1 Å². The molecule has 1 aromatic carbocycles. The standard InChI is InChI=1S/C22H24FN5O3/c1-11-9-18(27-8-7-15(10-27)25-14(4)29)21-24-13(3)20(28(21)26-11)16-5-6-17(22(30)31)19(23)12(16)2/h5-6,9,15H,7-8,10H2,1-4H3,(H,25,29)(H,30,31)/t15-/m1/s1. The number of nitrogens with one attached hydrogen (secondary N) is 1. The number of amides is 1. The number of benzene rings is 1. The van der Waals surface area contributed by atoms with Crippen LogP contribution in [0.4, 0.5) is 10.1 Å². The number of anilines is 1. The van der Waals surface area contributed by atoms with Gasteiger partial charge in [0.05, 0.1) is 28.3 Å². The van der Waals surface area contributed by atoms with Gasteiger partial charge in [-0.3, -0.25) is 4.79 Å². The van der Waals surface area contributed by atoms with Crippen molar-refractivity contribution in [1.82, 2.24) is 19.9 Å². The van der Waals surface area contributed by atoms with Gasteiger partial charge in [0, 0.05) is 31.6 Å². The zero-order valence-electron chi connectivity index (χ0n) is 17.9. The molecule has 2 aromatic heterocycles. The lowest BCUT2D eigenvalue weighted by Gasteiger charge is -2.20. The fourth-order valence-electron chi connectivity index (χ4n) is 4.26. The van der Waals surface area contributed by atoms with Crippen molar-refractivity contribution in [1.29, 1.82) is 0 Å². The number of nitrogens with zero attached hydrogens (tertiary/aromatic N) is 4. The van der Waals surface area contributed by atoms with Crippen molar-refractivity contribution in [2.24, 2.45) is 0 Å². The van der Waals surface area contributed by atoms with Crippen molar-refractivity contribution >= 4 is 23.2 Å². The van der Waals surface area contributed by atoms with E-state index in [2.05, 4.69) is 15.3 Å². The van der Waals surface area contributed by atoms with Gasteiger partial charge in [0.2, 0.25) is 5.91 Å². The summed E-state index contributed by atoms with van der Waals surface area (Å²) in [6, 6.07) is 4.91. The monoisotopic (exact) mass is 425 g/mol. The predicted octanol–water partition coefficient (Wildman–Crippen LogP) is 2.87. The average molecular weight is 425 g/mol. The van der Waals surface area contributed by atoms with Gasteiger partial charge in [-0.05, 0) is 44.9 Å². The van der Waals surface area contributed by atoms with Gasteiger partial charge in [-0.25, -0.2) is 18.7 Å². The number of hydrogen-bond acceptors (Lipinski definition) is 5. The normalized spacial score (nSPS) is 16.2. The van der Waals surface area contributed by atoms with Gasteiger partial charge < -0.3 is 15.3 Å². The van der Waals surface area contributed by atoms with Gasteiger partial charge in [0.25, 0.3) is 0 Å². The number of rotatable bonds is 4. The van der Waals surface area contributed by atoms with E-state index in [0.29, 0.717) is 29.1 Å². The van der Waals surface area contributed by atoms with Crippen molar-refractivity contribution < 1.29 is 19.1 Å². The minimum Gasteiger partial charge on any atom is -0.478 e. The topological polar surface area (TPSA) is 99.8 Å². The summed E-state index contributed by atoms with van der Waals surface area (Å²) in [6.07, 6.45) is 0.834. The molecule has 1 saturated heterocycles. The molecule has 3 heterocycles. The van der Waals surface area contributed by atoms with E-state index in [9.17, 15) is 19.1 Å². The second-order valence-corrected chi connectivity index (χ2v) is 7.99. The first-order valence-electron chi connectivity index (χ1n) is 10.1. The summed E-state index contributed by atoms with van der Waals surface area (Å²) >= 11 is 0. The molecule has 3 aromatic rings. The Hall–Kier alpha value is -3.49. The summed E-state index contributed by atoms with van der Waals surface area (Å²) < 4.78 is 16.4. The number of hydrogen-bond donors (Lipinski definition) is 2. The zero-order chi connectivity index (χ0) is 22.4. The summed E-state index contributed by atoms with van der Waals surface area (Å²) in [7, 11) is 0.